The summed E-state index contributed by atoms with van der Waals surface area (Å²) < 4.78 is 11.0. The fourth-order valence-corrected chi connectivity index (χ4v) is 2.54. The molecule has 1 aliphatic carbocycles. The van der Waals surface area contributed by atoms with Gasteiger partial charge in [-0.1, -0.05) is 0 Å². The van der Waals surface area contributed by atoms with Crippen LogP contribution in [0.15, 0.2) is 0 Å². The van der Waals surface area contributed by atoms with Crippen molar-refractivity contribution >= 4 is 11.8 Å². The zero-order chi connectivity index (χ0) is 14.9. The van der Waals surface area contributed by atoms with Crippen LogP contribution in [-0.2, 0) is 19.1 Å². The first-order chi connectivity index (χ1) is 10.1. The summed E-state index contributed by atoms with van der Waals surface area (Å²) in [6.45, 7) is 4.70. The normalized spacial score (nSPS) is 27.9. The van der Waals surface area contributed by atoms with Crippen LogP contribution in [0, 0.1) is 0 Å². The summed E-state index contributed by atoms with van der Waals surface area (Å²) in [6, 6.07) is -0.240. The van der Waals surface area contributed by atoms with Crippen LogP contribution in [0.5, 0.6) is 0 Å². The molecule has 1 atom stereocenters. The summed E-state index contributed by atoms with van der Waals surface area (Å²) in [5, 5.41) is 6.07. The number of rotatable bonds is 5. The highest BCUT2D eigenvalue weighted by molar-refractivity contribution is 5.88. The van der Waals surface area contributed by atoms with Crippen LogP contribution in [0.1, 0.15) is 19.8 Å². The lowest BCUT2D eigenvalue weighted by Gasteiger charge is -2.40. The average Bonchev–Trinajstić information content (AvgIpc) is 3.26. The van der Waals surface area contributed by atoms with Crippen molar-refractivity contribution in [3.63, 3.8) is 0 Å². The molecular weight excluding hydrogens is 274 g/mol. The summed E-state index contributed by atoms with van der Waals surface area (Å²) in [4.78, 5) is 26.1. The zero-order valence-electron chi connectivity index (χ0n) is 12.4. The molecule has 0 bridgehead atoms. The molecule has 2 amide bonds. The van der Waals surface area contributed by atoms with Crippen LogP contribution in [-0.4, -0.2) is 73.9 Å². The molecule has 0 aromatic heterocycles. The molecule has 3 fully saturated rings. The van der Waals surface area contributed by atoms with Gasteiger partial charge in [-0.3, -0.25) is 9.59 Å². The smallest absolute Gasteiger partial charge is 0.249 e. The second kappa shape index (κ2) is 5.90. The Morgan fingerprint density at radius 1 is 1.43 bits per heavy atom. The lowest BCUT2D eigenvalue weighted by Crippen LogP contribution is -2.61. The van der Waals surface area contributed by atoms with Gasteiger partial charge in [0, 0.05) is 25.7 Å². The molecule has 0 aromatic carbocycles. The summed E-state index contributed by atoms with van der Waals surface area (Å²) in [7, 11) is 0. The number of hydrogen-bond donors (Lipinski definition) is 2. The van der Waals surface area contributed by atoms with E-state index in [2.05, 4.69) is 10.6 Å². The predicted molar refractivity (Wildman–Crippen MR) is 74.7 cm³/mol. The Balaban J connectivity index is 1.54. The number of carbonyl (C=O) groups excluding carboxylic acids is 2. The van der Waals surface area contributed by atoms with Crippen molar-refractivity contribution in [2.75, 3.05) is 39.5 Å². The predicted octanol–water partition coefficient (Wildman–Crippen LogP) is -1.13. The monoisotopic (exact) mass is 297 g/mol. The van der Waals surface area contributed by atoms with E-state index in [0.717, 1.165) is 25.9 Å². The first-order valence-electron chi connectivity index (χ1n) is 7.60. The van der Waals surface area contributed by atoms with E-state index in [0.29, 0.717) is 13.2 Å². The van der Waals surface area contributed by atoms with Crippen LogP contribution in [0.3, 0.4) is 0 Å². The van der Waals surface area contributed by atoms with Gasteiger partial charge in [0.05, 0.1) is 18.8 Å². The van der Waals surface area contributed by atoms with Crippen LogP contribution >= 0.6 is 0 Å². The van der Waals surface area contributed by atoms with E-state index in [1.807, 2.05) is 6.92 Å². The van der Waals surface area contributed by atoms with Gasteiger partial charge in [-0.15, -0.1) is 0 Å². The van der Waals surface area contributed by atoms with Gasteiger partial charge in [0.15, 0.2) is 0 Å². The minimum atomic E-state index is -0.525. The Bertz CT molecular complexity index is 420. The van der Waals surface area contributed by atoms with Gasteiger partial charge in [0.25, 0.3) is 0 Å². The van der Waals surface area contributed by atoms with Gasteiger partial charge >= 0.3 is 0 Å². The SMILES string of the molecule is CC1(OCC(=O)N2CCOCC2C(=O)NC2CC2)CNC1. The van der Waals surface area contributed by atoms with Crippen molar-refractivity contribution in [2.45, 2.75) is 37.5 Å². The van der Waals surface area contributed by atoms with Crippen LogP contribution in [0.25, 0.3) is 0 Å². The molecule has 118 valence electrons. The van der Waals surface area contributed by atoms with E-state index in [1.54, 1.807) is 4.90 Å². The van der Waals surface area contributed by atoms with Crippen LogP contribution in [0.2, 0.25) is 0 Å². The summed E-state index contributed by atoms with van der Waals surface area (Å²) in [6.07, 6.45) is 2.06. The third-order valence-corrected chi connectivity index (χ3v) is 4.22. The molecule has 2 N–H and O–H groups in total. The Hall–Kier alpha value is -1.18. The zero-order valence-corrected chi connectivity index (χ0v) is 12.4. The Kier molecular flexibility index (Phi) is 4.14. The summed E-state index contributed by atoms with van der Waals surface area (Å²) in [5.74, 6) is -0.246. The van der Waals surface area contributed by atoms with E-state index in [4.69, 9.17) is 9.47 Å². The standard InChI is InChI=1S/C14H23N3O4/c1-14(8-15-9-14)21-7-12(18)17-4-5-20-6-11(17)13(19)16-10-2-3-10/h10-11,15H,2-9H2,1H3,(H,16,19). The number of nitrogens with one attached hydrogen (secondary N) is 2. The molecule has 2 saturated heterocycles. The summed E-state index contributed by atoms with van der Waals surface area (Å²) in [5.41, 5.74) is -0.256. The van der Waals surface area contributed by atoms with Gasteiger partial charge in [0.1, 0.15) is 12.6 Å². The molecule has 0 spiro atoms. The number of morpholine rings is 1. The number of ether oxygens (including phenoxy) is 2. The molecule has 21 heavy (non-hydrogen) atoms. The average molecular weight is 297 g/mol. The maximum atomic E-state index is 12.3. The number of amides is 2. The fraction of sp³-hybridized carbons (Fsp3) is 0.857. The molecule has 1 saturated carbocycles. The van der Waals surface area contributed by atoms with Crippen molar-refractivity contribution in [1.82, 2.24) is 15.5 Å². The van der Waals surface area contributed by atoms with Crippen molar-refractivity contribution in [3.8, 4) is 0 Å². The summed E-state index contributed by atoms with van der Waals surface area (Å²) >= 11 is 0. The van der Waals surface area contributed by atoms with Crippen molar-refractivity contribution in [1.29, 1.82) is 0 Å². The quantitative estimate of drug-likeness (QED) is 0.671. The Morgan fingerprint density at radius 2 is 2.19 bits per heavy atom. The van der Waals surface area contributed by atoms with E-state index < -0.39 is 6.04 Å². The highest BCUT2D eigenvalue weighted by atomic mass is 16.5. The molecule has 0 aromatic rings. The van der Waals surface area contributed by atoms with E-state index in [9.17, 15) is 9.59 Å². The topological polar surface area (TPSA) is 79.9 Å². The minimum absolute atomic E-state index is 0.0192. The largest absolute Gasteiger partial charge is 0.377 e. The van der Waals surface area contributed by atoms with Gasteiger partial charge in [0.2, 0.25) is 11.8 Å². The molecule has 2 aliphatic heterocycles. The molecule has 1 unspecified atom stereocenters. The lowest BCUT2D eigenvalue weighted by atomic mass is 10.0. The van der Waals surface area contributed by atoms with Gasteiger partial charge in [-0.2, -0.15) is 0 Å². The molecule has 7 heteroatoms. The lowest BCUT2D eigenvalue weighted by molar-refractivity contribution is -0.158. The van der Waals surface area contributed by atoms with Crippen LogP contribution in [0.4, 0.5) is 0 Å². The van der Waals surface area contributed by atoms with E-state index in [1.165, 1.54) is 0 Å². The Labute approximate surface area is 124 Å². The second-order valence-corrected chi connectivity index (χ2v) is 6.30. The van der Waals surface area contributed by atoms with Crippen LogP contribution < -0.4 is 10.6 Å². The van der Waals surface area contributed by atoms with Gasteiger partial charge < -0.3 is 25.0 Å². The molecule has 0 radical (unpaired) electrons. The maximum Gasteiger partial charge on any atom is 0.249 e. The number of hydrogen-bond acceptors (Lipinski definition) is 5. The van der Waals surface area contributed by atoms with E-state index in [-0.39, 0.29) is 36.7 Å². The van der Waals surface area contributed by atoms with Gasteiger partial charge in [-0.05, 0) is 19.8 Å². The highest BCUT2D eigenvalue weighted by Gasteiger charge is 2.37. The first-order valence-corrected chi connectivity index (χ1v) is 7.60. The third-order valence-electron chi connectivity index (χ3n) is 4.22. The molecule has 3 aliphatic rings. The molecule has 3 rings (SSSR count). The van der Waals surface area contributed by atoms with E-state index >= 15 is 0 Å². The fourth-order valence-electron chi connectivity index (χ4n) is 2.54. The van der Waals surface area contributed by atoms with Crippen molar-refractivity contribution in [3.05, 3.63) is 0 Å². The molecule has 7 nitrogen and oxygen atoms in total. The minimum Gasteiger partial charge on any atom is -0.377 e. The third kappa shape index (κ3) is 3.53. The second-order valence-electron chi connectivity index (χ2n) is 6.30. The Morgan fingerprint density at radius 3 is 2.81 bits per heavy atom. The van der Waals surface area contributed by atoms with Crippen molar-refractivity contribution < 1.29 is 19.1 Å². The first kappa shape index (κ1) is 14.7. The highest BCUT2D eigenvalue weighted by Crippen LogP contribution is 2.20. The van der Waals surface area contributed by atoms with Gasteiger partial charge in [-0.25, -0.2) is 0 Å². The number of carbonyl (C=O) groups is 2. The molecule has 2 heterocycles. The maximum absolute atomic E-state index is 12.3. The number of nitrogens with zero attached hydrogens (tertiary/aromatic N) is 1. The van der Waals surface area contributed by atoms with Crippen molar-refractivity contribution in [2.24, 2.45) is 0 Å². The molecular formula is C14H23N3O4.